The quantitative estimate of drug-likeness (QED) is 0.728. The first-order valence-electron chi connectivity index (χ1n) is 5.93. The van der Waals surface area contributed by atoms with Crippen LogP contribution in [0.1, 0.15) is 13.3 Å². The number of anilines is 1. The minimum atomic E-state index is 0.203. The number of rotatable bonds is 1. The predicted octanol–water partition coefficient (Wildman–Crippen LogP) is 2.18. The van der Waals surface area contributed by atoms with Crippen LogP contribution >= 0.6 is 11.6 Å². The van der Waals surface area contributed by atoms with Crippen molar-refractivity contribution in [3.05, 3.63) is 24.7 Å². The van der Waals surface area contributed by atoms with E-state index < -0.39 is 0 Å². The van der Waals surface area contributed by atoms with Crippen LogP contribution in [0.2, 0.25) is 0 Å². The van der Waals surface area contributed by atoms with Crippen molar-refractivity contribution in [1.29, 1.82) is 0 Å². The highest BCUT2D eigenvalue weighted by Gasteiger charge is 2.26. The summed E-state index contributed by atoms with van der Waals surface area (Å²) in [7, 11) is 0. The molecule has 0 saturated carbocycles. The molecule has 3 heterocycles. The Morgan fingerprint density at radius 2 is 2.29 bits per heavy atom. The molecule has 0 radical (unpaired) electrons. The number of halogens is 1. The minimum Gasteiger partial charge on any atom is -0.353 e. The molecule has 90 valence electrons. The van der Waals surface area contributed by atoms with E-state index in [0.717, 1.165) is 30.8 Å². The summed E-state index contributed by atoms with van der Waals surface area (Å²) in [6.45, 7) is 4.09. The lowest BCUT2D eigenvalue weighted by Crippen LogP contribution is -2.41. The van der Waals surface area contributed by atoms with Crippen molar-refractivity contribution in [2.24, 2.45) is 5.92 Å². The Bertz CT molecular complexity index is 524. The van der Waals surface area contributed by atoms with Gasteiger partial charge in [0.1, 0.15) is 5.52 Å². The van der Waals surface area contributed by atoms with E-state index in [0.29, 0.717) is 5.92 Å². The topological polar surface area (TPSA) is 33.4 Å². The molecule has 2 atom stereocenters. The molecule has 1 saturated heterocycles. The molecule has 1 fully saturated rings. The first-order valence-corrected chi connectivity index (χ1v) is 6.37. The van der Waals surface area contributed by atoms with Crippen molar-refractivity contribution in [2.75, 3.05) is 18.0 Å². The van der Waals surface area contributed by atoms with Crippen LogP contribution in [0.5, 0.6) is 0 Å². The van der Waals surface area contributed by atoms with E-state index in [-0.39, 0.29) is 5.38 Å². The van der Waals surface area contributed by atoms with Gasteiger partial charge in [-0.1, -0.05) is 6.92 Å². The molecular formula is C12H15ClN4. The van der Waals surface area contributed by atoms with Gasteiger partial charge in [-0.2, -0.15) is 5.10 Å². The zero-order chi connectivity index (χ0) is 11.8. The van der Waals surface area contributed by atoms with Gasteiger partial charge in [-0.15, -0.1) is 11.6 Å². The number of hydrogen-bond donors (Lipinski definition) is 0. The molecule has 0 aromatic carbocycles. The molecule has 2 unspecified atom stereocenters. The number of hydrogen-bond acceptors (Lipinski definition) is 3. The van der Waals surface area contributed by atoms with Gasteiger partial charge in [-0.25, -0.2) is 9.50 Å². The summed E-state index contributed by atoms with van der Waals surface area (Å²) in [4.78, 5) is 6.73. The van der Waals surface area contributed by atoms with Gasteiger partial charge in [0.05, 0.1) is 11.6 Å². The molecule has 2 aromatic rings. The maximum Gasteiger partial charge on any atom is 0.154 e. The second-order valence-corrected chi connectivity index (χ2v) is 5.20. The zero-order valence-corrected chi connectivity index (χ0v) is 10.5. The first-order chi connectivity index (χ1) is 8.25. The van der Waals surface area contributed by atoms with Gasteiger partial charge in [0.25, 0.3) is 0 Å². The van der Waals surface area contributed by atoms with Crippen LogP contribution in [0.15, 0.2) is 24.7 Å². The maximum absolute atomic E-state index is 6.34. The molecule has 4 nitrogen and oxygen atoms in total. The van der Waals surface area contributed by atoms with Crippen LogP contribution in [0.3, 0.4) is 0 Å². The molecular weight excluding hydrogens is 236 g/mol. The van der Waals surface area contributed by atoms with Gasteiger partial charge in [0.2, 0.25) is 0 Å². The molecule has 0 amide bonds. The van der Waals surface area contributed by atoms with Gasteiger partial charge >= 0.3 is 0 Å². The van der Waals surface area contributed by atoms with E-state index in [1.807, 2.05) is 16.8 Å². The molecule has 0 aliphatic carbocycles. The Morgan fingerprint density at radius 1 is 1.41 bits per heavy atom. The summed E-state index contributed by atoms with van der Waals surface area (Å²) in [6.07, 6.45) is 6.57. The Hall–Kier alpha value is -1.29. The summed E-state index contributed by atoms with van der Waals surface area (Å²) in [5.41, 5.74) is 1.05. The third-order valence-electron chi connectivity index (χ3n) is 3.47. The Balaban J connectivity index is 1.96. The molecule has 3 rings (SSSR count). The van der Waals surface area contributed by atoms with Crippen molar-refractivity contribution < 1.29 is 0 Å². The van der Waals surface area contributed by atoms with E-state index in [1.165, 1.54) is 0 Å². The van der Waals surface area contributed by atoms with E-state index in [4.69, 9.17) is 11.6 Å². The van der Waals surface area contributed by atoms with Crippen molar-refractivity contribution in [3.8, 4) is 0 Å². The Labute approximate surface area is 105 Å². The van der Waals surface area contributed by atoms with Crippen molar-refractivity contribution in [3.63, 3.8) is 0 Å². The third-order valence-corrected chi connectivity index (χ3v) is 4.04. The van der Waals surface area contributed by atoms with Crippen LogP contribution in [0.25, 0.3) is 5.52 Å². The summed E-state index contributed by atoms with van der Waals surface area (Å²) >= 11 is 6.34. The fraction of sp³-hybridized carbons (Fsp3) is 0.500. The van der Waals surface area contributed by atoms with Gasteiger partial charge in [-0.3, -0.25) is 0 Å². The van der Waals surface area contributed by atoms with E-state index >= 15 is 0 Å². The van der Waals surface area contributed by atoms with Crippen LogP contribution in [0.4, 0.5) is 5.82 Å². The van der Waals surface area contributed by atoms with Gasteiger partial charge in [0, 0.05) is 25.5 Å². The number of alkyl halides is 1. The average molecular weight is 251 g/mol. The van der Waals surface area contributed by atoms with Crippen LogP contribution in [-0.2, 0) is 0 Å². The summed E-state index contributed by atoms with van der Waals surface area (Å²) in [6, 6.07) is 1.99. The highest BCUT2D eigenvalue weighted by molar-refractivity contribution is 6.21. The van der Waals surface area contributed by atoms with Crippen molar-refractivity contribution in [1.82, 2.24) is 14.6 Å². The number of fused-ring (bicyclic) bond motifs is 1. The molecule has 17 heavy (non-hydrogen) atoms. The van der Waals surface area contributed by atoms with Gasteiger partial charge in [-0.05, 0) is 18.4 Å². The number of nitrogens with zero attached hydrogens (tertiary/aromatic N) is 4. The maximum atomic E-state index is 6.34. The molecule has 1 aliphatic rings. The lowest BCUT2D eigenvalue weighted by molar-refractivity contribution is 0.444. The molecule has 0 spiro atoms. The molecule has 0 N–H and O–H groups in total. The summed E-state index contributed by atoms with van der Waals surface area (Å²) in [5.74, 6) is 1.57. The van der Waals surface area contributed by atoms with E-state index in [1.54, 1.807) is 12.4 Å². The monoisotopic (exact) mass is 250 g/mol. The average Bonchev–Trinajstić information content (AvgIpc) is 2.80. The fourth-order valence-electron chi connectivity index (χ4n) is 2.30. The fourth-order valence-corrected chi connectivity index (χ4v) is 2.59. The molecule has 1 aliphatic heterocycles. The lowest BCUT2D eigenvalue weighted by Gasteiger charge is -2.34. The van der Waals surface area contributed by atoms with E-state index in [9.17, 15) is 0 Å². The van der Waals surface area contributed by atoms with Gasteiger partial charge in [0.15, 0.2) is 5.82 Å². The second kappa shape index (κ2) is 4.18. The Kier molecular flexibility index (Phi) is 2.67. The lowest BCUT2D eigenvalue weighted by atomic mass is 9.98. The first kappa shape index (κ1) is 10.8. The molecule has 2 aromatic heterocycles. The smallest absolute Gasteiger partial charge is 0.154 e. The van der Waals surface area contributed by atoms with Crippen LogP contribution < -0.4 is 4.90 Å². The summed E-state index contributed by atoms with van der Waals surface area (Å²) < 4.78 is 1.85. The Morgan fingerprint density at radius 3 is 3.12 bits per heavy atom. The second-order valence-electron chi connectivity index (χ2n) is 4.64. The summed E-state index contributed by atoms with van der Waals surface area (Å²) in [5, 5.41) is 4.43. The zero-order valence-electron chi connectivity index (χ0n) is 9.75. The van der Waals surface area contributed by atoms with Crippen LogP contribution in [0, 0.1) is 5.92 Å². The SMILES string of the molecule is CC1CCN(c2nccn3nccc23)CC1Cl. The van der Waals surface area contributed by atoms with Gasteiger partial charge < -0.3 is 4.90 Å². The van der Waals surface area contributed by atoms with Crippen molar-refractivity contribution in [2.45, 2.75) is 18.7 Å². The minimum absolute atomic E-state index is 0.203. The van der Waals surface area contributed by atoms with E-state index in [2.05, 4.69) is 21.9 Å². The standard InChI is InChI=1S/C12H15ClN4/c1-9-3-6-16(8-10(9)13)12-11-2-4-15-17(11)7-5-14-12/h2,4-5,7,9-10H,3,6,8H2,1H3. The predicted molar refractivity (Wildman–Crippen MR) is 68.6 cm³/mol. The third kappa shape index (κ3) is 1.86. The van der Waals surface area contributed by atoms with Crippen molar-refractivity contribution >= 4 is 22.9 Å². The highest BCUT2D eigenvalue weighted by Crippen LogP contribution is 2.27. The highest BCUT2D eigenvalue weighted by atomic mass is 35.5. The molecule has 0 bridgehead atoms. The number of piperidine rings is 1. The largest absolute Gasteiger partial charge is 0.353 e. The normalized spacial score (nSPS) is 25.4. The van der Waals surface area contributed by atoms with Crippen LogP contribution in [-0.4, -0.2) is 33.1 Å². The number of aromatic nitrogens is 3. The molecule has 5 heteroatoms.